The van der Waals surface area contributed by atoms with Crippen LogP contribution in [0.1, 0.15) is 11.1 Å². The Bertz CT molecular complexity index is 536. The van der Waals surface area contributed by atoms with Gasteiger partial charge in [-0.3, -0.25) is 0 Å². The van der Waals surface area contributed by atoms with Crippen LogP contribution in [0.4, 0.5) is 0 Å². The number of rotatable bonds is 4. The van der Waals surface area contributed by atoms with Crippen LogP contribution in [0.25, 0.3) is 0 Å². The summed E-state index contributed by atoms with van der Waals surface area (Å²) in [6.45, 7) is 1.16. The Balaban J connectivity index is 1.96. The molecule has 0 spiro atoms. The summed E-state index contributed by atoms with van der Waals surface area (Å²) < 4.78 is 7.86. The molecule has 5 heteroatoms. The van der Waals surface area contributed by atoms with E-state index in [4.69, 9.17) is 4.74 Å². The van der Waals surface area contributed by atoms with Gasteiger partial charge >= 0.3 is 0 Å². The van der Waals surface area contributed by atoms with Gasteiger partial charge in [-0.25, -0.2) is 0 Å². The molecule has 0 unspecified atom stereocenters. The minimum atomic E-state index is 0.579. The maximum Gasteiger partial charge on any atom is 0.0732 e. The number of ether oxygens (including phenoxy) is 1. The molecule has 19 heavy (non-hydrogen) atoms. The third-order valence-electron chi connectivity index (χ3n) is 2.62. The minimum absolute atomic E-state index is 0.579. The molecule has 2 aromatic rings. The third-order valence-corrected chi connectivity index (χ3v) is 4.72. The van der Waals surface area contributed by atoms with Crippen molar-refractivity contribution in [1.82, 2.24) is 0 Å². The van der Waals surface area contributed by atoms with Crippen molar-refractivity contribution in [1.29, 1.82) is 0 Å². The van der Waals surface area contributed by atoms with Crippen LogP contribution in [-0.2, 0) is 18.0 Å². The quantitative estimate of drug-likeness (QED) is 0.705. The molecule has 0 N–H and O–H groups in total. The van der Waals surface area contributed by atoms with Gasteiger partial charge in [0.05, 0.1) is 33.7 Å². The highest BCUT2D eigenvalue weighted by Gasteiger charge is 2.03. The Kier molecular flexibility index (Phi) is 5.59. The predicted octanol–water partition coefficient (Wildman–Crippen LogP) is 2.52. The molecule has 0 fully saturated rings. The summed E-state index contributed by atoms with van der Waals surface area (Å²) >= 11 is 7.06. The highest BCUT2D eigenvalue weighted by atomic mass is 79.9. The average molecular weight is 410 g/mol. The van der Waals surface area contributed by atoms with Crippen molar-refractivity contribution in [2.24, 2.45) is 0 Å². The van der Waals surface area contributed by atoms with E-state index < -0.39 is 0 Å². The highest BCUT2D eigenvalue weighted by molar-refractivity contribution is 9.10. The summed E-state index contributed by atoms with van der Waals surface area (Å²) in [5.74, 6) is 0. The molecule has 94 valence electrons. The molecule has 0 saturated heterocycles. The summed E-state index contributed by atoms with van der Waals surface area (Å²) in [5.41, 5.74) is 2.27. The first kappa shape index (κ1) is 15.2. The van der Waals surface area contributed by atoms with Gasteiger partial charge in [-0.15, -0.1) is 0 Å². The number of halogens is 2. The Hall–Kier alpha value is -0.206. The van der Waals surface area contributed by atoms with Crippen LogP contribution in [0.3, 0.4) is 0 Å². The van der Waals surface area contributed by atoms with Crippen LogP contribution in [0, 0.1) is 0 Å². The van der Waals surface area contributed by atoms with E-state index in [9.17, 15) is 0 Å². The second-order valence-corrected chi connectivity index (χ2v) is 6.97. The first-order valence-corrected chi connectivity index (χ1v) is 8.22. The lowest BCUT2D eigenvalue weighted by Crippen LogP contribution is -2.05. The molecule has 0 aliphatic carbocycles. The Morgan fingerprint density at radius 1 is 0.789 bits per heavy atom. The lowest BCUT2D eigenvalue weighted by atomic mass is 10.2. The molecule has 0 heterocycles. The van der Waals surface area contributed by atoms with Gasteiger partial charge in [-0.05, 0) is 23.3 Å². The van der Waals surface area contributed by atoms with Crippen molar-refractivity contribution < 1.29 is 4.74 Å². The summed E-state index contributed by atoms with van der Waals surface area (Å²) in [7, 11) is 6.97. The van der Waals surface area contributed by atoms with Crippen molar-refractivity contribution in [2.75, 3.05) is 0 Å². The van der Waals surface area contributed by atoms with Gasteiger partial charge < -0.3 is 4.74 Å². The fourth-order valence-electron chi connectivity index (χ4n) is 1.60. The van der Waals surface area contributed by atoms with Crippen LogP contribution in [-0.4, -0.2) is 20.5 Å². The van der Waals surface area contributed by atoms with Crippen molar-refractivity contribution >= 4 is 62.7 Å². The lowest BCUT2D eigenvalue weighted by Gasteiger charge is -2.09. The summed E-state index contributed by atoms with van der Waals surface area (Å²) in [6.07, 6.45) is 0. The van der Waals surface area contributed by atoms with Gasteiger partial charge in [0, 0.05) is 8.95 Å². The molecule has 0 amide bonds. The Labute approximate surface area is 136 Å². The van der Waals surface area contributed by atoms with Crippen molar-refractivity contribution in [2.45, 2.75) is 13.2 Å². The van der Waals surface area contributed by atoms with Crippen LogP contribution in [0.15, 0.2) is 45.3 Å². The first-order valence-electron chi connectivity index (χ1n) is 5.64. The molecule has 6 radical (unpaired) electrons. The van der Waals surface area contributed by atoms with E-state index in [0.717, 1.165) is 30.4 Å². The summed E-state index contributed by atoms with van der Waals surface area (Å²) in [6, 6.07) is 12.1. The van der Waals surface area contributed by atoms with Gasteiger partial charge in [-0.1, -0.05) is 66.5 Å². The SMILES string of the molecule is [Si]c1ccc(COCc2ccc([Si])cc2Br)c(Br)c1. The second-order valence-electron chi connectivity index (χ2n) is 4.11. The molecule has 0 bridgehead atoms. The van der Waals surface area contributed by atoms with Crippen LogP contribution >= 0.6 is 31.9 Å². The van der Waals surface area contributed by atoms with Crippen molar-refractivity contribution in [3.63, 3.8) is 0 Å². The zero-order valence-corrected chi connectivity index (χ0v) is 15.2. The molecule has 1 nitrogen and oxygen atoms in total. The monoisotopic (exact) mass is 408 g/mol. The summed E-state index contributed by atoms with van der Waals surface area (Å²) in [4.78, 5) is 0. The maximum absolute atomic E-state index is 5.76. The normalized spacial score (nSPS) is 10.7. The van der Waals surface area contributed by atoms with Crippen molar-refractivity contribution in [3.8, 4) is 0 Å². The van der Waals surface area contributed by atoms with E-state index in [1.807, 2.05) is 36.4 Å². The molecule has 0 aromatic heterocycles. The van der Waals surface area contributed by atoms with E-state index in [1.165, 1.54) is 0 Å². The molecular weight excluding hydrogens is 400 g/mol. The number of benzene rings is 2. The predicted molar refractivity (Wildman–Crippen MR) is 87.6 cm³/mol. The van der Waals surface area contributed by atoms with Gasteiger partial charge in [0.15, 0.2) is 0 Å². The molecule has 2 rings (SSSR count). The van der Waals surface area contributed by atoms with Crippen LogP contribution in [0.5, 0.6) is 0 Å². The van der Waals surface area contributed by atoms with E-state index in [0.29, 0.717) is 13.2 Å². The van der Waals surface area contributed by atoms with E-state index in [-0.39, 0.29) is 0 Å². The molecule has 0 saturated carbocycles. The zero-order valence-electron chi connectivity index (χ0n) is 10.0. The fraction of sp³-hybridized carbons (Fsp3) is 0.143. The zero-order chi connectivity index (χ0) is 13.8. The number of hydrogen-bond donors (Lipinski definition) is 0. The molecule has 0 aliphatic heterocycles. The Morgan fingerprint density at radius 2 is 1.21 bits per heavy atom. The third kappa shape index (κ3) is 4.39. The average Bonchev–Trinajstić information content (AvgIpc) is 2.34. The highest BCUT2D eigenvalue weighted by Crippen LogP contribution is 2.19. The van der Waals surface area contributed by atoms with E-state index >= 15 is 0 Å². The lowest BCUT2D eigenvalue weighted by molar-refractivity contribution is 0.106. The van der Waals surface area contributed by atoms with Crippen LogP contribution in [0.2, 0.25) is 0 Å². The second kappa shape index (κ2) is 6.99. The Morgan fingerprint density at radius 3 is 1.58 bits per heavy atom. The van der Waals surface area contributed by atoms with Gasteiger partial charge in [0.1, 0.15) is 0 Å². The molecule has 0 aliphatic rings. The molecule has 2 aromatic carbocycles. The fourth-order valence-corrected chi connectivity index (χ4v) is 3.46. The van der Waals surface area contributed by atoms with Crippen LogP contribution < -0.4 is 10.4 Å². The first-order chi connectivity index (χ1) is 9.06. The maximum atomic E-state index is 5.76. The van der Waals surface area contributed by atoms with Gasteiger partial charge in [0.2, 0.25) is 0 Å². The van der Waals surface area contributed by atoms with Gasteiger partial charge in [-0.2, -0.15) is 0 Å². The standard InChI is InChI=1S/C14H10Br2OSi2/c15-13-5-11(18)3-1-9(13)7-17-8-10-2-4-12(19)6-14(10)16/h1-6H,7-8H2. The van der Waals surface area contributed by atoms with Gasteiger partial charge in [0.25, 0.3) is 0 Å². The molecular formula is C14H10Br2OSi2. The summed E-state index contributed by atoms with van der Waals surface area (Å²) in [5, 5.41) is 2.09. The van der Waals surface area contributed by atoms with E-state index in [2.05, 4.69) is 52.3 Å². The number of hydrogen-bond acceptors (Lipinski definition) is 1. The van der Waals surface area contributed by atoms with E-state index in [1.54, 1.807) is 0 Å². The largest absolute Gasteiger partial charge is 0.372 e. The molecule has 0 atom stereocenters. The topological polar surface area (TPSA) is 9.23 Å². The van der Waals surface area contributed by atoms with Crippen molar-refractivity contribution in [3.05, 3.63) is 56.5 Å². The smallest absolute Gasteiger partial charge is 0.0732 e. The minimum Gasteiger partial charge on any atom is -0.372 e.